The first-order valence-electron chi connectivity index (χ1n) is 9.12. The summed E-state index contributed by atoms with van der Waals surface area (Å²) in [6.07, 6.45) is 2.80. The highest BCUT2D eigenvalue weighted by molar-refractivity contribution is 14.0. The molecule has 1 heterocycles. The zero-order valence-electron chi connectivity index (χ0n) is 17.2. The van der Waals surface area contributed by atoms with E-state index in [-0.39, 0.29) is 42.5 Å². The number of aliphatic imine (C=N–C) groups is 1. The van der Waals surface area contributed by atoms with E-state index in [1.54, 1.807) is 19.0 Å². The van der Waals surface area contributed by atoms with Crippen LogP contribution in [0.4, 0.5) is 0 Å². The van der Waals surface area contributed by atoms with Gasteiger partial charge in [-0.3, -0.25) is 9.48 Å². The Hall–Kier alpha value is -1.32. The van der Waals surface area contributed by atoms with E-state index in [9.17, 15) is 4.79 Å². The third-order valence-electron chi connectivity index (χ3n) is 4.32. The molecular formula is C18H35IN6O. The molecular weight excluding hydrogens is 443 g/mol. The van der Waals surface area contributed by atoms with E-state index in [1.165, 1.54) is 11.3 Å². The normalized spacial score (nSPS) is 12.3. The van der Waals surface area contributed by atoms with Crippen LogP contribution in [0.1, 0.15) is 51.1 Å². The Labute approximate surface area is 175 Å². The number of nitrogens with one attached hydrogen (secondary N) is 2. The molecule has 0 spiro atoms. The van der Waals surface area contributed by atoms with Crippen LogP contribution in [0.25, 0.3) is 0 Å². The largest absolute Gasteiger partial charge is 0.354 e. The van der Waals surface area contributed by atoms with E-state index >= 15 is 0 Å². The number of hydrogen-bond donors (Lipinski definition) is 2. The molecule has 0 aliphatic rings. The molecule has 0 bridgehead atoms. The summed E-state index contributed by atoms with van der Waals surface area (Å²) in [6, 6.07) is 0.283. The number of aryl methyl sites for hydroxylation is 2. The first-order valence-corrected chi connectivity index (χ1v) is 9.12. The van der Waals surface area contributed by atoms with Gasteiger partial charge in [0.1, 0.15) is 0 Å². The molecule has 8 heteroatoms. The van der Waals surface area contributed by atoms with Crippen molar-refractivity contribution in [2.24, 2.45) is 12.0 Å². The molecule has 0 saturated heterocycles. The van der Waals surface area contributed by atoms with Crippen molar-refractivity contribution in [1.82, 2.24) is 25.3 Å². The van der Waals surface area contributed by atoms with Crippen molar-refractivity contribution in [3.8, 4) is 0 Å². The van der Waals surface area contributed by atoms with Gasteiger partial charge in [-0.2, -0.15) is 5.10 Å². The molecule has 0 saturated carbocycles. The Morgan fingerprint density at radius 3 is 2.42 bits per heavy atom. The van der Waals surface area contributed by atoms with E-state index in [4.69, 9.17) is 4.99 Å². The van der Waals surface area contributed by atoms with E-state index in [0.717, 1.165) is 25.0 Å². The minimum atomic E-state index is 0. The highest BCUT2D eigenvalue weighted by Gasteiger charge is 2.14. The third kappa shape index (κ3) is 7.13. The maximum atomic E-state index is 11.8. The van der Waals surface area contributed by atoms with Crippen LogP contribution in [0, 0.1) is 0 Å². The standard InChI is InChI=1S/C18H34N6O.HI/c1-8-13(4)21-18(20-12-17(25)23(5)6)19-11-14-15(9-2)22-24(7)16(14)10-3;/h13H,8-12H2,1-7H3,(H2,19,20,21);1H. The highest BCUT2D eigenvalue weighted by Crippen LogP contribution is 2.16. The van der Waals surface area contributed by atoms with Gasteiger partial charge in [0, 0.05) is 38.4 Å². The summed E-state index contributed by atoms with van der Waals surface area (Å²) in [6.45, 7) is 9.25. The fourth-order valence-electron chi connectivity index (χ4n) is 2.54. The number of halogens is 1. The van der Waals surface area contributed by atoms with E-state index in [1.807, 2.05) is 11.7 Å². The zero-order chi connectivity index (χ0) is 19.0. The lowest BCUT2D eigenvalue weighted by Gasteiger charge is -2.18. The lowest BCUT2D eigenvalue weighted by Crippen LogP contribution is -2.45. The smallest absolute Gasteiger partial charge is 0.241 e. The van der Waals surface area contributed by atoms with Crippen molar-refractivity contribution >= 4 is 35.8 Å². The van der Waals surface area contributed by atoms with Crippen LogP contribution in [-0.4, -0.2) is 53.2 Å². The van der Waals surface area contributed by atoms with Gasteiger partial charge < -0.3 is 15.5 Å². The summed E-state index contributed by atoms with van der Waals surface area (Å²) < 4.78 is 1.95. The number of hydrogen-bond acceptors (Lipinski definition) is 3. The van der Waals surface area contributed by atoms with Gasteiger partial charge in [0.15, 0.2) is 5.96 Å². The monoisotopic (exact) mass is 478 g/mol. The summed E-state index contributed by atoms with van der Waals surface area (Å²) >= 11 is 0. The van der Waals surface area contributed by atoms with Crippen LogP contribution in [0.15, 0.2) is 4.99 Å². The molecule has 7 nitrogen and oxygen atoms in total. The molecule has 1 atom stereocenters. The fraction of sp³-hybridized carbons (Fsp3) is 0.722. The molecule has 150 valence electrons. The lowest BCUT2D eigenvalue weighted by atomic mass is 10.1. The number of aromatic nitrogens is 2. The molecule has 0 fully saturated rings. The van der Waals surface area contributed by atoms with Crippen molar-refractivity contribution in [3.63, 3.8) is 0 Å². The van der Waals surface area contributed by atoms with Gasteiger partial charge in [-0.25, -0.2) is 4.99 Å². The summed E-state index contributed by atoms with van der Waals surface area (Å²) in [5.74, 6) is 0.682. The fourth-order valence-corrected chi connectivity index (χ4v) is 2.54. The molecule has 1 aromatic rings. The van der Waals surface area contributed by atoms with Crippen LogP contribution < -0.4 is 10.6 Å². The second-order valence-corrected chi connectivity index (χ2v) is 6.46. The van der Waals surface area contributed by atoms with Crippen LogP contribution in [0.5, 0.6) is 0 Å². The van der Waals surface area contributed by atoms with Crippen LogP contribution >= 0.6 is 24.0 Å². The van der Waals surface area contributed by atoms with E-state index in [2.05, 4.69) is 43.4 Å². The highest BCUT2D eigenvalue weighted by atomic mass is 127. The van der Waals surface area contributed by atoms with Crippen LogP contribution in [-0.2, 0) is 31.2 Å². The van der Waals surface area contributed by atoms with E-state index in [0.29, 0.717) is 12.5 Å². The summed E-state index contributed by atoms with van der Waals surface area (Å²) in [5.41, 5.74) is 3.50. The number of guanidine groups is 1. The summed E-state index contributed by atoms with van der Waals surface area (Å²) in [7, 11) is 5.48. The minimum absolute atomic E-state index is 0. The number of nitrogens with zero attached hydrogens (tertiary/aromatic N) is 4. The molecule has 1 amide bonds. The Kier molecular flexibility index (Phi) is 11.5. The molecule has 0 aliphatic carbocycles. The first-order chi connectivity index (χ1) is 11.8. The minimum Gasteiger partial charge on any atom is -0.354 e. The zero-order valence-corrected chi connectivity index (χ0v) is 19.5. The Morgan fingerprint density at radius 2 is 1.92 bits per heavy atom. The summed E-state index contributed by atoms with van der Waals surface area (Å²) in [5, 5.41) is 11.1. The first kappa shape index (κ1) is 24.7. The van der Waals surface area contributed by atoms with Gasteiger partial charge in [-0.1, -0.05) is 20.8 Å². The van der Waals surface area contributed by atoms with Gasteiger partial charge in [0.05, 0.1) is 18.8 Å². The average Bonchev–Trinajstić information content (AvgIpc) is 2.91. The topological polar surface area (TPSA) is 74.5 Å². The predicted octanol–water partition coefficient (Wildman–Crippen LogP) is 2.08. The van der Waals surface area contributed by atoms with Gasteiger partial charge in [-0.05, 0) is 26.2 Å². The molecule has 0 aromatic carbocycles. The second-order valence-electron chi connectivity index (χ2n) is 6.46. The summed E-state index contributed by atoms with van der Waals surface area (Å²) in [4.78, 5) is 18.1. The number of carbonyl (C=O) groups excluding carboxylic acids is 1. The van der Waals surface area contributed by atoms with Gasteiger partial charge in [0.25, 0.3) is 0 Å². The average molecular weight is 478 g/mol. The van der Waals surface area contributed by atoms with Crippen molar-refractivity contribution < 1.29 is 4.79 Å². The second kappa shape index (κ2) is 12.1. The Morgan fingerprint density at radius 1 is 1.27 bits per heavy atom. The van der Waals surface area contributed by atoms with E-state index < -0.39 is 0 Å². The molecule has 2 N–H and O–H groups in total. The predicted molar refractivity (Wildman–Crippen MR) is 118 cm³/mol. The molecule has 0 radical (unpaired) electrons. The number of carbonyl (C=O) groups is 1. The number of likely N-dealkylation sites (N-methyl/N-ethyl adjacent to an activating group) is 1. The number of rotatable bonds is 8. The molecule has 26 heavy (non-hydrogen) atoms. The maximum absolute atomic E-state index is 11.8. The Bertz CT molecular complexity index is 597. The van der Waals surface area contributed by atoms with Crippen LogP contribution in [0.2, 0.25) is 0 Å². The van der Waals surface area contributed by atoms with Gasteiger partial charge in [0.2, 0.25) is 5.91 Å². The number of amides is 1. The van der Waals surface area contributed by atoms with Crippen molar-refractivity contribution in [1.29, 1.82) is 0 Å². The van der Waals surface area contributed by atoms with Crippen molar-refractivity contribution in [2.45, 2.75) is 59.5 Å². The molecule has 1 aromatic heterocycles. The van der Waals surface area contributed by atoms with Crippen molar-refractivity contribution in [2.75, 3.05) is 20.6 Å². The third-order valence-corrected chi connectivity index (χ3v) is 4.32. The van der Waals surface area contributed by atoms with Gasteiger partial charge >= 0.3 is 0 Å². The molecule has 0 aliphatic heterocycles. The molecule has 1 unspecified atom stereocenters. The SMILES string of the molecule is CCc1nn(C)c(CC)c1CN=C(NCC(=O)N(C)C)NC(C)CC.I. The van der Waals surface area contributed by atoms with Crippen molar-refractivity contribution in [3.05, 3.63) is 17.0 Å². The quantitative estimate of drug-likeness (QED) is 0.341. The Balaban J connectivity index is 0.00000625. The maximum Gasteiger partial charge on any atom is 0.241 e. The molecule has 1 rings (SSSR count). The lowest BCUT2D eigenvalue weighted by molar-refractivity contribution is -0.127. The van der Waals surface area contributed by atoms with Gasteiger partial charge in [-0.15, -0.1) is 24.0 Å². The van der Waals surface area contributed by atoms with Crippen LogP contribution in [0.3, 0.4) is 0 Å².